The molecule has 1 amide bonds. The normalized spacial score (nSPS) is 11.7. The van der Waals surface area contributed by atoms with Crippen molar-refractivity contribution in [2.45, 2.75) is 0 Å². The molecule has 3 rings (SSSR count). The molecule has 0 radical (unpaired) electrons. The number of hydrogen-bond donors (Lipinski definition) is 1. The molecule has 1 heterocycles. The summed E-state index contributed by atoms with van der Waals surface area (Å²) in [4.78, 5) is 23.6. The van der Waals surface area contributed by atoms with Crippen LogP contribution in [0.5, 0.6) is 28.7 Å². The van der Waals surface area contributed by atoms with Gasteiger partial charge in [0.15, 0.2) is 17.2 Å². The van der Waals surface area contributed by atoms with Gasteiger partial charge in [-0.1, -0.05) is 0 Å². The Kier molecular flexibility index (Phi) is 4.88. The first-order valence-corrected chi connectivity index (χ1v) is 7.68. The maximum absolute atomic E-state index is 12.7. The van der Waals surface area contributed by atoms with Crippen molar-refractivity contribution in [2.24, 2.45) is 0 Å². The molecule has 142 valence electrons. The molecule has 0 fully saturated rings. The highest BCUT2D eigenvalue weighted by atomic mass is 16.7. The first-order chi connectivity index (χ1) is 13.0. The summed E-state index contributed by atoms with van der Waals surface area (Å²) < 4.78 is 25.9. The van der Waals surface area contributed by atoms with Crippen LogP contribution in [0.4, 0.5) is 11.4 Å². The molecular weight excluding hydrogens is 360 g/mol. The molecule has 0 atom stereocenters. The first-order valence-electron chi connectivity index (χ1n) is 7.68. The van der Waals surface area contributed by atoms with Crippen LogP contribution in [-0.4, -0.2) is 39.0 Å². The average Bonchev–Trinajstić information content (AvgIpc) is 3.13. The van der Waals surface area contributed by atoms with E-state index >= 15 is 0 Å². The number of carbonyl (C=O) groups excluding carboxylic acids is 1. The highest BCUT2D eigenvalue weighted by Crippen LogP contribution is 2.46. The van der Waals surface area contributed by atoms with Gasteiger partial charge < -0.3 is 29.0 Å². The third-order valence-electron chi connectivity index (χ3n) is 3.86. The molecule has 10 heteroatoms. The molecule has 2 aromatic carbocycles. The van der Waals surface area contributed by atoms with E-state index in [1.807, 2.05) is 0 Å². The van der Waals surface area contributed by atoms with Crippen LogP contribution in [0.2, 0.25) is 0 Å². The number of anilines is 1. The number of nitro benzene ring substituents is 1. The molecule has 0 saturated carbocycles. The van der Waals surface area contributed by atoms with Crippen molar-refractivity contribution in [3.05, 3.63) is 39.9 Å². The highest BCUT2D eigenvalue weighted by Gasteiger charge is 2.32. The van der Waals surface area contributed by atoms with Gasteiger partial charge in [0.25, 0.3) is 5.91 Å². The fourth-order valence-corrected chi connectivity index (χ4v) is 2.67. The zero-order chi connectivity index (χ0) is 19.6. The summed E-state index contributed by atoms with van der Waals surface area (Å²) in [7, 11) is 3.91. The molecule has 2 aromatic rings. The molecule has 0 bridgehead atoms. The maximum Gasteiger partial charge on any atom is 0.327 e. The summed E-state index contributed by atoms with van der Waals surface area (Å²) in [5.74, 6) is 0.221. The number of benzene rings is 2. The van der Waals surface area contributed by atoms with Crippen LogP contribution in [0.3, 0.4) is 0 Å². The molecule has 1 aliphatic heterocycles. The van der Waals surface area contributed by atoms with E-state index in [4.69, 9.17) is 23.7 Å². The zero-order valence-corrected chi connectivity index (χ0v) is 14.7. The number of nitrogens with zero attached hydrogens (tertiary/aromatic N) is 1. The predicted octanol–water partition coefficient (Wildman–Crippen LogP) is 2.60. The topological polar surface area (TPSA) is 118 Å². The Morgan fingerprint density at radius 3 is 2.41 bits per heavy atom. The van der Waals surface area contributed by atoms with Gasteiger partial charge in [0.2, 0.25) is 18.3 Å². The van der Waals surface area contributed by atoms with E-state index in [2.05, 4.69) is 5.32 Å². The van der Waals surface area contributed by atoms with Gasteiger partial charge in [0.05, 0.1) is 26.3 Å². The van der Waals surface area contributed by atoms with Gasteiger partial charge in [-0.3, -0.25) is 14.9 Å². The Morgan fingerprint density at radius 1 is 1.07 bits per heavy atom. The molecule has 0 aromatic heterocycles. The highest BCUT2D eigenvalue weighted by molar-refractivity contribution is 6.08. The quantitative estimate of drug-likeness (QED) is 0.604. The molecule has 1 N–H and O–H groups in total. The van der Waals surface area contributed by atoms with Crippen LogP contribution in [0.15, 0.2) is 24.3 Å². The van der Waals surface area contributed by atoms with E-state index in [1.54, 1.807) is 18.2 Å². The van der Waals surface area contributed by atoms with Crippen LogP contribution in [0, 0.1) is 10.1 Å². The Hall–Kier alpha value is -3.69. The number of hydrogen-bond acceptors (Lipinski definition) is 8. The number of carbonyl (C=O) groups is 1. The van der Waals surface area contributed by atoms with Crippen molar-refractivity contribution in [3.8, 4) is 28.7 Å². The Morgan fingerprint density at radius 2 is 1.78 bits per heavy atom. The van der Waals surface area contributed by atoms with Gasteiger partial charge in [-0.05, 0) is 12.1 Å². The number of ether oxygens (including phenoxy) is 5. The first kappa shape index (κ1) is 18.1. The fraction of sp³-hybridized carbons (Fsp3) is 0.235. The Labute approximate surface area is 153 Å². The Balaban J connectivity index is 2.04. The van der Waals surface area contributed by atoms with E-state index in [-0.39, 0.29) is 29.6 Å². The van der Waals surface area contributed by atoms with E-state index in [1.165, 1.54) is 27.4 Å². The lowest BCUT2D eigenvalue weighted by Crippen LogP contribution is -2.15. The van der Waals surface area contributed by atoms with Crippen molar-refractivity contribution in [1.29, 1.82) is 0 Å². The molecular formula is C17H16N2O8. The summed E-state index contributed by atoms with van der Waals surface area (Å²) in [6.07, 6.45) is 0. The summed E-state index contributed by atoms with van der Waals surface area (Å²) in [6.45, 7) is 0.0884. The molecule has 10 nitrogen and oxygen atoms in total. The van der Waals surface area contributed by atoms with Gasteiger partial charge in [-0.15, -0.1) is 0 Å². The number of rotatable bonds is 6. The number of nitro groups is 1. The summed E-state index contributed by atoms with van der Waals surface area (Å²) in [5, 5.41) is 14.2. The van der Waals surface area contributed by atoms with Crippen molar-refractivity contribution < 1.29 is 33.4 Å². The fourth-order valence-electron chi connectivity index (χ4n) is 2.67. The van der Waals surface area contributed by atoms with Crippen LogP contribution < -0.4 is 29.0 Å². The van der Waals surface area contributed by atoms with Gasteiger partial charge in [0, 0.05) is 17.8 Å². The second-order valence-electron chi connectivity index (χ2n) is 5.32. The van der Waals surface area contributed by atoms with E-state index in [9.17, 15) is 14.9 Å². The van der Waals surface area contributed by atoms with Crippen molar-refractivity contribution in [2.75, 3.05) is 33.4 Å². The van der Waals surface area contributed by atoms with E-state index in [0.717, 1.165) is 0 Å². The smallest absolute Gasteiger partial charge is 0.327 e. The average molecular weight is 376 g/mol. The van der Waals surface area contributed by atoms with Crippen molar-refractivity contribution in [3.63, 3.8) is 0 Å². The number of methoxy groups -OCH3 is 3. The predicted molar refractivity (Wildman–Crippen MR) is 93.3 cm³/mol. The summed E-state index contributed by atoms with van der Waals surface area (Å²) in [6, 6.07) is 6.00. The molecule has 27 heavy (non-hydrogen) atoms. The molecule has 0 aliphatic carbocycles. The number of amides is 1. The van der Waals surface area contributed by atoms with Crippen LogP contribution in [0.25, 0.3) is 0 Å². The molecule has 0 spiro atoms. The van der Waals surface area contributed by atoms with Crippen LogP contribution >= 0.6 is 0 Å². The Bertz CT molecular complexity index is 912. The lowest BCUT2D eigenvalue weighted by atomic mass is 10.1. The van der Waals surface area contributed by atoms with Crippen molar-refractivity contribution in [1.82, 2.24) is 0 Å². The van der Waals surface area contributed by atoms with Gasteiger partial charge in [-0.2, -0.15) is 0 Å². The standard InChI is InChI=1S/C17H16N2O8/c1-23-13-7-10(14(19(21)22)16(25-3)15(13)24-2)17(20)18-9-4-5-11-12(6-9)27-8-26-11/h4-7H,8H2,1-3H3,(H,18,20). The molecule has 0 unspecified atom stereocenters. The largest absolute Gasteiger partial charge is 0.493 e. The van der Waals surface area contributed by atoms with Gasteiger partial charge >= 0.3 is 5.69 Å². The number of nitrogens with one attached hydrogen (secondary N) is 1. The maximum atomic E-state index is 12.7. The van der Waals surface area contributed by atoms with Crippen molar-refractivity contribution >= 4 is 17.3 Å². The third-order valence-corrected chi connectivity index (χ3v) is 3.86. The minimum Gasteiger partial charge on any atom is -0.493 e. The van der Waals surface area contributed by atoms with Gasteiger partial charge in [0.1, 0.15) is 5.56 Å². The van der Waals surface area contributed by atoms with Crippen LogP contribution in [0.1, 0.15) is 10.4 Å². The van der Waals surface area contributed by atoms with Crippen LogP contribution in [-0.2, 0) is 0 Å². The second-order valence-corrected chi connectivity index (χ2v) is 5.32. The lowest BCUT2D eigenvalue weighted by molar-refractivity contribution is -0.386. The lowest BCUT2D eigenvalue weighted by Gasteiger charge is -2.15. The number of fused-ring (bicyclic) bond motifs is 1. The zero-order valence-electron chi connectivity index (χ0n) is 14.7. The third kappa shape index (κ3) is 3.24. The molecule has 1 aliphatic rings. The second kappa shape index (κ2) is 7.28. The minimum absolute atomic E-state index is 0.0197. The van der Waals surface area contributed by atoms with E-state index < -0.39 is 16.5 Å². The SMILES string of the molecule is COc1cc(C(=O)Nc2ccc3c(c2)OCO3)c([N+](=O)[O-])c(OC)c1OC. The monoisotopic (exact) mass is 376 g/mol. The molecule has 0 saturated heterocycles. The van der Waals surface area contributed by atoms with Gasteiger partial charge in [-0.25, -0.2) is 0 Å². The summed E-state index contributed by atoms with van der Waals surface area (Å²) in [5.41, 5.74) is -0.396. The minimum atomic E-state index is -0.722. The summed E-state index contributed by atoms with van der Waals surface area (Å²) >= 11 is 0. The van der Waals surface area contributed by atoms with E-state index in [0.29, 0.717) is 17.2 Å².